The van der Waals surface area contributed by atoms with Crippen molar-refractivity contribution in [3.8, 4) is 0 Å². The first kappa shape index (κ1) is 12.4. The Bertz CT molecular complexity index is 339. The summed E-state index contributed by atoms with van der Waals surface area (Å²) in [5, 5.41) is 14.5. The first-order valence-electron chi connectivity index (χ1n) is 6.63. The van der Waals surface area contributed by atoms with Gasteiger partial charge in [0.15, 0.2) is 0 Å². The number of hydrogen-bond acceptors (Lipinski definition) is 5. The number of aromatic nitrogens is 2. The van der Waals surface area contributed by atoms with E-state index in [1.807, 2.05) is 0 Å². The Labute approximate surface area is 102 Å². The van der Waals surface area contributed by atoms with Crippen LogP contribution in [0.4, 0.5) is 6.01 Å². The van der Waals surface area contributed by atoms with Crippen LogP contribution in [0, 0.1) is 5.92 Å². The lowest BCUT2D eigenvalue weighted by Crippen LogP contribution is -2.13. The summed E-state index contributed by atoms with van der Waals surface area (Å²) in [6.07, 6.45) is 4.88. The summed E-state index contributed by atoms with van der Waals surface area (Å²) in [4.78, 5) is 0. The van der Waals surface area contributed by atoms with Crippen molar-refractivity contribution in [1.29, 1.82) is 0 Å². The molecule has 1 aliphatic rings. The second-order valence-corrected chi connectivity index (χ2v) is 4.71. The molecule has 1 saturated carbocycles. The zero-order chi connectivity index (χ0) is 12.1. The zero-order valence-corrected chi connectivity index (χ0v) is 10.7. The van der Waals surface area contributed by atoms with Crippen molar-refractivity contribution in [1.82, 2.24) is 15.5 Å². The predicted octanol–water partition coefficient (Wildman–Crippen LogP) is 2.17. The summed E-state index contributed by atoms with van der Waals surface area (Å²) >= 11 is 0. The van der Waals surface area contributed by atoms with Gasteiger partial charge in [0.1, 0.15) is 0 Å². The lowest BCUT2D eigenvalue weighted by atomic mass is 10.2. The molecule has 0 aliphatic heterocycles. The second-order valence-electron chi connectivity index (χ2n) is 4.71. The van der Waals surface area contributed by atoms with Crippen molar-refractivity contribution >= 4 is 6.01 Å². The molecule has 1 aromatic heterocycles. The largest absolute Gasteiger partial charge is 0.407 e. The van der Waals surface area contributed by atoms with E-state index in [0.717, 1.165) is 18.9 Å². The SMILES string of the molecule is CCCNCc1nnc(NC2CC2CCC)o1. The average Bonchev–Trinajstić information content (AvgIpc) is 2.88. The minimum Gasteiger partial charge on any atom is -0.407 e. The van der Waals surface area contributed by atoms with E-state index < -0.39 is 0 Å². The Morgan fingerprint density at radius 1 is 1.29 bits per heavy atom. The molecule has 17 heavy (non-hydrogen) atoms. The molecule has 1 fully saturated rings. The topological polar surface area (TPSA) is 63.0 Å². The van der Waals surface area contributed by atoms with Crippen LogP contribution in [0.5, 0.6) is 0 Å². The monoisotopic (exact) mass is 238 g/mol. The smallest absolute Gasteiger partial charge is 0.315 e. The lowest BCUT2D eigenvalue weighted by molar-refractivity contribution is 0.476. The molecule has 0 saturated heterocycles. The number of hydrogen-bond donors (Lipinski definition) is 2. The molecule has 5 heteroatoms. The molecular formula is C12H22N4O. The number of rotatable bonds is 8. The minimum absolute atomic E-state index is 0.548. The molecule has 1 aliphatic carbocycles. The Morgan fingerprint density at radius 2 is 2.18 bits per heavy atom. The van der Waals surface area contributed by atoms with Crippen molar-refractivity contribution in [3.63, 3.8) is 0 Å². The van der Waals surface area contributed by atoms with Gasteiger partial charge in [-0.3, -0.25) is 0 Å². The third-order valence-corrected chi connectivity index (χ3v) is 3.06. The first-order chi connectivity index (χ1) is 8.33. The predicted molar refractivity (Wildman–Crippen MR) is 66.7 cm³/mol. The van der Waals surface area contributed by atoms with E-state index in [4.69, 9.17) is 4.42 Å². The number of nitrogens with zero attached hydrogens (tertiary/aromatic N) is 2. The standard InChI is InChI=1S/C12H22N4O/c1-3-5-9-7-10(9)14-12-16-15-11(17-12)8-13-6-4-2/h9-10,13H,3-8H2,1-2H3,(H,14,16). The Balaban J connectivity index is 1.71. The van der Waals surface area contributed by atoms with Gasteiger partial charge in [0.25, 0.3) is 0 Å². The maximum Gasteiger partial charge on any atom is 0.315 e. The fourth-order valence-corrected chi connectivity index (χ4v) is 2.03. The van der Waals surface area contributed by atoms with E-state index in [1.54, 1.807) is 0 Å². The Morgan fingerprint density at radius 3 is 2.94 bits per heavy atom. The van der Waals surface area contributed by atoms with Gasteiger partial charge >= 0.3 is 6.01 Å². The van der Waals surface area contributed by atoms with Crippen LogP contribution in [0.1, 0.15) is 45.4 Å². The van der Waals surface area contributed by atoms with Crippen LogP contribution < -0.4 is 10.6 Å². The van der Waals surface area contributed by atoms with Crippen LogP contribution >= 0.6 is 0 Å². The van der Waals surface area contributed by atoms with Gasteiger partial charge in [0.2, 0.25) is 5.89 Å². The summed E-state index contributed by atoms with van der Waals surface area (Å²) in [6, 6.07) is 1.12. The van der Waals surface area contributed by atoms with Crippen LogP contribution in [0.2, 0.25) is 0 Å². The molecule has 1 heterocycles. The number of nitrogens with one attached hydrogen (secondary N) is 2. The maximum absolute atomic E-state index is 5.51. The molecule has 2 N–H and O–H groups in total. The van der Waals surface area contributed by atoms with Crippen LogP contribution in [-0.4, -0.2) is 22.8 Å². The molecule has 1 aromatic rings. The fourth-order valence-electron chi connectivity index (χ4n) is 2.03. The Hall–Kier alpha value is -1.10. The molecule has 2 rings (SSSR count). The molecule has 5 nitrogen and oxygen atoms in total. The second kappa shape index (κ2) is 6.00. The van der Waals surface area contributed by atoms with Gasteiger partial charge in [-0.25, -0.2) is 0 Å². The molecule has 0 spiro atoms. The first-order valence-corrected chi connectivity index (χ1v) is 6.63. The van der Waals surface area contributed by atoms with Gasteiger partial charge in [0.05, 0.1) is 6.54 Å². The fraction of sp³-hybridized carbons (Fsp3) is 0.833. The van der Waals surface area contributed by atoms with E-state index in [9.17, 15) is 0 Å². The van der Waals surface area contributed by atoms with Gasteiger partial charge in [0, 0.05) is 6.04 Å². The Kier molecular flexibility index (Phi) is 4.36. The molecule has 96 valence electrons. The molecule has 0 radical (unpaired) electrons. The average molecular weight is 238 g/mol. The molecule has 0 aromatic carbocycles. The maximum atomic E-state index is 5.51. The highest BCUT2D eigenvalue weighted by Crippen LogP contribution is 2.36. The van der Waals surface area contributed by atoms with Gasteiger partial charge < -0.3 is 15.1 Å². The van der Waals surface area contributed by atoms with E-state index in [-0.39, 0.29) is 0 Å². The third kappa shape index (κ3) is 3.70. The summed E-state index contributed by atoms with van der Waals surface area (Å²) in [5.74, 6) is 1.46. The van der Waals surface area contributed by atoms with Gasteiger partial charge in [-0.05, 0) is 31.7 Å². The van der Waals surface area contributed by atoms with Crippen molar-refractivity contribution in [2.45, 2.75) is 52.1 Å². The van der Waals surface area contributed by atoms with E-state index in [2.05, 4.69) is 34.7 Å². The van der Waals surface area contributed by atoms with Crippen LogP contribution in [0.3, 0.4) is 0 Å². The molecular weight excluding hydrogens is 216 g/mol. The highest BCUT2D eigenvalue weighted by Gasteiger charge is 2.36. The van der Waals surface area contributed by atoms with Crippen LogP contribution in [0.15, 0.2) is 4.42 Å². The molecule has 0 amide bonds. The lowest BCUT2D eigenvalue weighted by Gasteiger charge is -1.99. The van der Waals surface area contributed by atoms with Crippen molar-refractivity contribution in [2.24, 2.45) is 5.92 Å². The molecule has 2 atom stereocenters. The van der Waals surface area contributed by atoms with Crippen molar-refractivity contribution in [2.75, 3.05) is 11.9 Å². The quantitative estimate of drug-likeness (QED) is 0.680. The van der Waals surface area contributed by atoms with E-state index >= 15 is 0 Å². The van der Waals surface area contributed by atoms with Crippen LogP contribution in [0.25, 0.3) is 0 Å². The van der Waals surface area contributed by atoms with Crippen molar-refractivity contribution in [3.05, 3.63) is 5.89 Å². The van der Waals surface area contributed by atoms with Gasteiger partial charge in [-0.2, -0.15) is 0 Å². The molecule has 0 bridgehead atoms. The highest BCUT2D eigenvalue weighted by molar-refractivity contribution is 5.24. The summed E-state index contributed by atoms with van der Waals surface area (Å²) in [6.45, 7) is 5.99. The summed E-state index contributed by atoms with van der Waals surface area (Å²) in [5.41, 5.74) is 0. The molecule has 2 unspecified atom stereocenters. The van der Waals surface area contributed by atoms with Gasteiger partial charge in [-0.15, -0.1) is 5.10 Å². The highest BCUT2D eigenvalue weighted by atomic mass is 16.4. The third-order valence-electron chi connectivity index (χ3n) is 3.06. The normalized spacial score (nSPS) is 22.7. The van der Waals surface area contributed by atoms with E-state index in [1.165, 1.54) is 19.3 Å². The van der Waals surface area contributed by atoms with Gasteiger partial charge in [-0.1, -0.05) is 25.4 Å². The van der Waals surface area contributed by atoms with E-state index in [0.29, 0.717) is 24.5 Å². The number of anilines is 1. The minimum atomic E-state index is 0.548. The van der Waals surface area contributed by atoms with Crippen molar-refractivity contribution < 1.29 is 4.42 Å². The zero-order valence-electron chi connectivity index (χ0n) is 10.7. The van der Waals surface area contributed by atoms with Crippen LogP contribution in [-0.2, 0) is 6.54 Å². The summed E-state index contributed by atoms with van der Waals surface area (Å²) < 4.78 is 5.51. The summed E-state index contributed by atoms with van der Waals surface area (Å²) in [7, 11) is 0.